The molecule has 2 unspecified atom stereocenters. The van der Waals surface area contributed by atoms with E-state index in [0.717, 1.165) is 13.1 Å². The van der Waals surface area contributed by atoms with Gasteiger partial charge in [0, 0.05) is 6.54 Å². The minimum Gasteiger partial charge on any atom is -0.353 e. The Balaban J connectivity index is 1.90. The molecular formula is C19H31N3O. The summed E-state index contributed by atoms with van der Waals surface area (Å²) >= 11 is 0. The van der Waals surface area contributed by atoms with Crippen molar-refractivity contribution in [3.05, 3.63) is 35.9 Å². The molecule has 1 aromatic rings. The van der Waals surface area contributed by atoms with Gasteiger partial charge in [-0.1, -0.05) is 43.2 Å². The lowest BCUT2D eigenvalue weighted by molar-refractivity contribution is -0.126. The molecule has 0 saturated carbocycles. The Morgan fingerprint density at radius 3 is 2.30 bits per heavy atom. The van der Waals surface area contributed by atoms with Gasteiger partial charge in [-0.2, -0.15) is 0 Å². The van der Waals surface area contributed by atoms with Crippen LogP contribution in [-0.2, 0) is 4.79 Å². The number of hydrogen-bond donors (Lipinski definition) is 1. The van der Waals surface area contributed by atoms with Crippen molar-refractivity contribution in [3.8, 4) is 0 Å². The van der Waals surface area contributed by atoms with Gasteiger partial charge in [-0.3, -0.25) is 9.69 Å². The highest BCUT2D eigenvalue weighted by Crippen LogP contribution is 2.17. The molecule has 1 aliphatic heterocycles. The molecule has 0 bridgehead atoms. The van der Waals surface area contributed by atoms with Crippen molar-refractivity contribution in [3.63, 3.8) is 0 Å². The SMILES string of the molecule is CC(C(=O)NCC(c1ccccc1)N(C)C)N1CCCCCC1. The molecule has 1 N–H and O–H groups in total. The number of carbonyl (C=O) groups excluding carboxylic acids is 1. The van der Waals surface area contributed by atoms with E-state index in [9.17, 15) is 4.79 Å². The van der Waals surface area contributed by atoms with Gasteiger partial charge < -0.3 is 10.2 Å². The normalized spacial score (nSPS) is 19.1. The van der Waals surface area contributed by atoms with Crippen LogP contribution in [0.2, 0.25) is 0 Å². The van der Waals surface area contributed by atoms with E-state index < -0.39 is 0 Å². The van der Waals surface area contributed by atoms with Crippen molar-refractivity contribution < 1.29 is 4.79 Å². The Hall–Kier alpha value is -1.39. The maximum Gasteiger partial charge on any atom is 0.237 e. The van der Waals surface area contributed by atoms with Crippen LogP contribution in [-0.4, -0.2) is 55.5 Å². The summed E-state index contributed by atoms with van der Waals surface area (Å²) in [7, 11) is 4.12. The van der Waals surface area contributed by atoms with Gasteiger partial charge in [0.25, 0.3) is 0 Å². The molecule has 0 spiro atoms. The van der Waals surface area contributed by atoms with Gasteiger partial charge in [-0.05, 0) is 52.5 Å². The van der Waals surface area contributed by atoms with E-state index in [4.69, 9.17) is 0 Å². The van der Waals surface area contributed by atoms with Crippen LogP contribution >= 0.6 is 0 Å². The van der Waals surface area contributed by atoms with Crippen molar-refractivity contribution in [2.45, 2.75) is 44.7 Å². The molecule has 1 fully saturated rings. The zero-order valence-corrected chi connectivity index (χ0v) is 14.8. The molecule has 4 heteroatoms. The van der Waals surface area contributed by atoms with Crippen molar-refractivity contribution in [1.82, 2.24) is 15.1 Å². The molecule has 128 valence electrons. The number of likely N-dealkylation sites (tertiary alicyclic amines) is 1. The Labute approximate surface area is 140 Å². The minimum atomic E-state index is -0.0355. The molecule has 1 saturated heterocycles. The summed E-state index contributed by atoms with van der Waals surface area (Å²) in [6.07, 6.45) is 5.01. The third kappa shape index (κ3) is 5.33. The van der Waals surface area contributed by atoms with Crippen LogP contribution in [0.15, 0.2) is 30.3 Å². The van der Waals surface area contributed by atoms with Crippen LogP contribution in [0, 0.1) is 0 Å². The second kappa shape index (κ2) is 9.04. The third-order valence-corrected chi connectivity index (χ3v) is 4.85. The van der Waals surface area contributed by atoms with E-state index in [2.05, 4.69) is 41.3 Å². The van der Waals surface area contributed by atoms with Crippen LogP contribution in [0.3, 0.4) is 0 Å². The number of nitrogens with zero attached hydrogens (tertiary/aromatic N) is 2. The lowest BCUT2D eigenvalue weighted by atomic mass is 10.1. The second-order valence-corrected chi connectivity index (χ2v) is 6.76. The Morgan fingerprint density at radius 2 is 1.74 bits per heavy atom. The van der Waals surface area contributed by atoms with Crippen molar-refractivity contribution in [1.29, 1.82) is 0 Å². The lowest BCUT2D eigenvalue weighted by Gasteiger charge is -2.29. The maximum atomic E-state index is 12.5. The first kappa shape index (κ1) is 18.0. The van der Waals surface area contributed by atoms with Crippen molar-refractivity contribution in [2.75, 3.05) is 33.7 Å². The number of amides is 1. The molecule has 0 radical (unpaired) electrons. The zero-order valence-electron chi connectivity index (χ0n) is 14.8. The summed E-state index contributed by atoms with van der Waals surface area (Å²) in [6, 6.07) is 10.5. The Kier molecular flexibility index (Phi) is 7.06. The van der Waals surface area contributed by atoms with E-state index >= 15 is 0 Å². The first-order valence-electron chi connectivity index (χ1n) is 8.82. The number of likely N-dealkylation sites (N-methyl/N-ethyl adjacent to an activating group) is 1. The summed E-state index contributed by atoms with van der Waals surface area (Å²) in [6.45, 7) is 4.77. The fourth-order valence-electron chi connectivity index (χ4n) is 3.27. The molecule has 2 atom stereocenters. The smallest absolute Gasteiger partial charge is 0.237 e. The molecule has 23 heavy (non-hydrogen) atoms. The van der Waals surface area contributed by atoms with Crippen LogP contribution in [0.4, 0.5) is 0 Å². The van der Waals surface area contributed by atoms with Gasteiger partial charge in [0.2, 0.25) is 5.91 Å². The van der Waals surface area contributed by atoms with Gasteiger partial charge in [0.1, 0.15) is 0 Å². The highest BCUT2D eigenvalue weighted by molar-refractivity contribution is 5.81. The molecular weight excluding hydrogens is 286 g/mol. The van der Waals surface area contributed by atoms with Crippen LogP contribution in [0.5, 0.6) is 0 Å². The van der Waals surface area contributed by atoms with Gasteiger partial charge in [-0.15, -0.1) is 0 Å². The van der Waals surface area contributed by atoms with E-state index in [1.165, 1.54) is 31.2 Å². The Bertz CT molecular complexity index is 467. The standard InChI is InChI=1S/C19H31N3O/c1-16(22-13-9-4-5-10-14-22)19(23)20-15-18(21(2)3)17-11-7-6-8-12-17/h6-8,11-12,16,18H,4-5,9-10,13-15H2,1-3H3,(H,20,23). The third-order valence-electron chi connectivity index (χ3n) is 4.85. The molecule has 4 nitrogen and oxygen atoms in total. The van der Waals surface area contributed by atoms with E-state index in [0.29, 0.717) is 6.54 Å². The average molecular weight is 317 g/mol. The highest BCUT2D eigenvalue weighted by atomic mass is 16.2. The first-order valence-corrected chi connectivity index (χ1v) is 8.82. The molecule has 1 amide bonds. The zero-order chi connectivity index (χ0) is 16.7. The number of rotatable bonds is 6. The quantitative estimate of drug-likeness (QED) is 0.876. The van der Waals surface area contributed by atoms with E-state index in [1.807, 2.05) is 25.1 Å². The first-order chi connectivity index (χ1) is 11.1. The fraction of sp³-hybridized carbons (Fsp3) is 0.632. The predicted octanol–water partition coefficient (Wildman–Crippen LogP) is 2.67. The van der Waals surface area contributed by atoms with Crippen LogP contribution in [0.25, 0.3) is 0 Å². The van der Waals surface area contributed by atoms with Crippen LogP contribution in [0.1, 0.15) is 44.2 Å². The summed E-state index contributed by atoms with van der Waals surface area (Å²) in [5, 5.41) is 3.16. The number of benzene rings is 1. The maximum absolute atomic E-state index is 12.5. The fourth-order valence-corrected chi connectivity index (χ4v) is 3.27. The predicted molar refractivity (Wildman–Crippen MR) is 95.4 cm³/mol. The topological polar surface area (TPSA) is 35.6 Å². The molecule has 2 rings (SSSR count). The summed E-state index contributed by atoms with van der Waals surface area (Å²) in [5.41, 5.74) is 1.24. The number of hydrogen-bond acceptors (Lipinski definition) is 3. The van der Waals surface area contributed by atoms with Crippen molar-refractivity contribution in [2.24, 2.45) is 0 Å². The molecule has 0 aromatic heterocycles. The monoisotopic (exact) mass is 317 g/mol. The number of carbonyl (C=O) groups is 1. The molecule has 1 heterocycles. The minimum absolute atomic E-state index is 0.0355. The summed E-state index contributed by atoms with van der Waals surface area (Å²) in [4.78, 5) is 17.0. The summed E-state index contributed by atoms with van der Waals surface area (Å²) < 4.78 is 0. The van der Waals surface area contributed by atoms with Crippen molar-refractivity contribution >= 4 is 5.91 Å². The second-order valence-electron chi connectivity index (χ2n) is 6.76. The van der Waals surface area contributed by atoms with Gasteiger partial charge >= 0.3 is 0 Å². The van der Waals surface area contributed by atoms with Crippen LogP contribution < -0.4 is 5.32 Å². The molecule has 0 aliphatic carbocycles. The molecule has 1 aliphatic rings. The number of nitrogens with one attached hydrogen (secondary N) is 1. The van der Waals surface area contributed by atoms with Gasteiger partial charge in [-0.25, -0.2) is 0 Å². The van der Waals surface area contributed by atoms with E-state index in [1.54, 1.807) is 0 Å². The largest absolute Gasteiger partial charge is 0.353 e. The Morgan fingerprint density at radius 1 is 1.13 bits per heavy atom. The highest BCUT2D eigenvalue weighted by Gasteiger charge is 2.23. The van der Waals surface area contributed by atoms with Gasteiger partial charge in [0.05, 0.1) is 12.1 Å². The lowest BCUT2D eigenvalue weighted by Crippen LogP contribution is -2.47. The average Bonchev–Trinajstić information content (AvgIpc) is 2.84. The van der Waals surface area contributed by atoms with E-state index in [-0.39, 0.29) is 18.0 Å². The molecule has 1 aromatic carbocycles. The van der Waals surface area contributed by atoms with Gasteiger partial charge in [0.15, 0.2) is 0 Å². The summed E-state index contributed by atoms with van der Waals surface area (Å²) in [5.74, 6) is 0.148.